The third-order valence-electron chi connectivity index (χ3n) is 4.33. The first-order valence-electron chi connectivity index (χ1n) is 7.39. The summed E-state index contributed by atoms with van der Waals surface area (Å²) in [5.74, 6) is 1.33. The predicted octanol–water partition coefficient (Wildman–Crippen LogP) is 1.40. The molecule has 2 N–H and O–H groups in total. The number of benzene rings is 1. The van der Waals surface area contributed by atoms with Gasteiger partial charge in [0.05, 0.1) is 6.61 Å². The first-order valence-corrected chi connectivity index (χ1v) is 7.39. The number of amides is 1. The molecule has 1 heterocycles. The van der Waals surface area contributed by atoms with E-state index in [4.69, 9.17) is 10.5 Å². The Morgan fingerprint density at radius 2 is 2.00 bits per heavy atom. The molecule has 0 bridgehead atoms. The lowest BCUT2D eigenvalue weighted by molar-refractivity contribution is -0.135. The van der Waals surface area contributed by atoms with E-state index in [1.807, 2.05) is 35.2 Å². The smallest absolute Gasteiger partial charge is 0.248 e. The van der Waals surface area contributed by atoms with Crippen molar-refractivity contribution in [3.8, 4) is 0 Å². The molecule has 2 fully saturated rings. The minimum atomic E-state index is 0.0690. The number of nitrogens with two attached hydrogens (primary N) is 1. The minimum absolute atomic E-state index is 0.0690. The highest BCUT2D eigenvalue weighted by atomic mass is 16.5. The number of likely N-dealkylation sites (tertiary alicyclic amines) is 1. The highest BCUT2D eigenvalue weighted by Gasteiger charge is 2.41. The molecule has 0 radical (unpaired) electrons. The van der Waals surface area contributed by atoms with Gasteiger partial charge in [-0.05, 0) is 30.2 Å². The SMILES string of the molecule is NC1CN(C(=O)COCc2ccccc2)CC1C1CC1. The second-order valence-corrected chi connectivity index (χ2v) is 5.94. The maximum atomic E-state index is 12.1. The van der Waals surface area contributed by atoms with Gasteiger partial charge >= 0.3 is 0 Å². The number of carbonyl (C=O) groups is 1. The molecule has 1 aliphatic heterocycles. The topological polar surface area (TPSA) is 55.6 Å². The molecule has 20 heavy (non-hydrogen) atoms. The first kappa shape index (κ1) is 13.6. The molecule has 108 valence electrons. The Kier molecular flexibility index (Phi) is 4.03. The van der Waals surface area contributed by atoms with Crippen LogP contribution in [-0.4, -0.2) is 36.5 Å². The number of nitrogens with zero attached hydrogens (tertiary/aromatic N) is 1. The summed E-state index contributed by atoms with van der Waals surface area (Å²) in [7, 11) is 0. The standard InChI is InChI=1S/C16H22N2O2/c17-15-9-18(8-14(15)13-6-7-13)16(19)11-20-10-12-4-2-1-3-5-12/h1-5,13-15H,6-11,17H2. The lowest BCUT2D eigenvalue weighted by Gasteiger charge is -2.16. The fraction of sp³-hybridized carbons (Fsp3) is 0.562. The van der Waals surface area contributed by atoms with E-state index in [2.05, 4.69) is 0 Å². The maximum absolute atomic E-state index is 12.1. The number of rotatable bonds is 5. The number of hydrogen-bond acceptors (Lipinski definition) is 3. The molecule has 4 heteroatoms. The number of ether oxygens (including phenoxy) is 1. The van der Waals surface area contributed by atoms with Gasteiger partial charge in [0, 0.05) is 19.1 Å². The van der Waals surface area contributed by atoms with Gasteiger partial charge in [-0.3, -0.25) is 4.79 Å². The van der Waals surface area contributed by atoms with Gasteiger partial charge in [0.1, 0.15) is 6.61 Å². The van der Waals surface area contributed by atoms with Crippen LogP contribution in [0.2, 0.25) is 0 Å². The average Bonchev–Trinajstić information content (AvgIpc) is 3.23. The van der Waals surface area contributed by atoms with Crippen molar-refractivity contribution < 1.29 is 9.53 Å². The molecule has 2 aliphatic rings. The molecule has 0 spiro atoms. The summed E-state index contributed by atoms with van der Waals surface area (Å²) in [4.78, 5) is 14.0. The molecule has 1 saturated carbocycles. The second kappa shape index (κ2) is 5.94. The molecule has 1 aliphatic carbocycles. The van der Waals surface area contributed by atoms with E-state index in [0.29, 0.717) is 19.1 Å². The summed E-state index contributed by atoms with van der Waals surface area (Å²) in [5.41, 5.74) is 7.23. The Balaban J connectivity index is 1.43. The van der Waals surface area contributed by atoms with Crippen LogP contribution in [0, 0.1) is 11.8 Å². The molecule has 4 nitrogen and oxygen atoms in total. The lowest BCUT2D eigenvalue weighted by Crippen LogP contribution is -2.34. The molecule has 1 aromatic rings. The summed E-state index contributed by atoms with van der Waals surface area (Å²) >= 11 is 0. The van der Waals surface area contributed by atoms with Gasteiger partial charge in [-0.1, -0.05) is 30.3 Å². The molecule has 1 amide bonds. The Labute approximate surface area is 119 Å². The number of carbonyl (C=O) groups excluding carboxylic acids is 1. The van der Waals surface area contributed by atoms with Gasteiger partial charge in [-0.15, -0.1) is 0 Å². The van der Waals surface area contributed by atoms with Crippen LogP contribution in [-0.2, 0) is 16.1 Å². The quantitative estimate of drug-likeness (QED) is 0.883. The zero-order valence-electron chi connectivity index (χ0n) is 11.7. The molecule has 1 aromatic carbocycles. The van der Waals surface area contributed by atoms with Crippen molar-refractivity contribution in [2.24, 2.45) is 17.6 Å². The highest BCUT2D eigenvalue weighted by Crippen LogP contribution is 2.40. The Hall–Kier alpha value is -1.39. The van der Waals surface area contributed by atoms with Crippen molar-refractivity contribution in [1.82, 2.24) is 4.90 Å². The Morgan fingerprint density at radius 3 is 2.70 bits per heavy atom. The largest absolute Gasteiger partial charge is 0.367 e. The van der Waals surface area contributed by atoms with E-state index < -0.39 is 0 Å². The summed E-state index contributed by atoms with van der Waals surface area (Å²) < 4.78 is 5.51. The average molecular weight is 274 g/mol. The lowest BCUT2D eigenvalue weighted by atomic mass is 9.99. The van der Waals surface area contributed by atoms with E-state index in [0.717, 1.165) is 18.0 Å². The zero-order valence-corrected chi connectivity index (χ0v) is 11.7. The Bertz CT molecular complexity index is 459. The van der Waals surface area contributed by atoms with Gasteiger partial charge in [0.15, 0.2) is 0 Å². The molecule has 1 saturated heterocycles. The van der Waals surface area contributed by atoms with Crippen molar-refractivity contribution in [2.75, 3.05) is 19.7 Å². The van der Waals surface area contributed by atoms with Gasteiger partial charge < -0.3 is 15.4 Å². The zero-order chi connectivity index (χ0) is 13.9. The van der Waals surface area contributed by atoms with Crippen LogP contribution >= 0.6 is 0 Å². The fourth-order valence-corrected chi connectivity index (χ4v) is 3.00. The van der Waals surface area contributed by atoms with Crippen molar-refractivity contribution in [1.29, 1.82) is 0 Å². The van der Waals surface area contributed by atoms with Crippen LogP contribution in [0.15, 0.2) is 30.3 Å². The van der Waals surface area contributed by atoms with Gasteiger partial charge in [-0.25, -0.2) is 0 Å². The van der Waals surface area contributed by atoms with Crippen LogP contribution in [0.25, 0.3) is 0 Å². The van der Waals surface area contributed by atoms with Crippen LogP contribution < -0.4 is 5.73 Å². The van der Waals surface area contributed by atoms with Crippen LogP contribution in [0.1, 0.15) is 18.4 Å². The highest BCUT2D eigenvalue weighted by molar-refractivity contribution is 5.77. The molecule has 2 atom stereocenters. The predicted molar refractivity (Wildman–Crippen MR) is 76.9 cm³/mol. The normalized spacial score (nSPS) is 25.9. The third kappa shape index (κ3) is 3.19. The van der Waals surface area contributed by atoms with Crippen LogP contribution in [0.3, 0.4) is 0 Å². The van der Waals surface area contributed by atoms with Crippen molar-refractivity contribution in [3.05, 3.63) is 35.9 Å². The Morgan fingerprint density at radius 1 is 1.25 bits per heavy atom. The van der Waals surface area contributed by atoms with Gasteiger partial charge in [0.2, 0.25) is 5.91 Å². The molecule has 2 unspecified atom stereocenters. The molecule has 3 rings (SSSR count). The second-order valence-electron chi connectivity index (χ2n) is 5.94. The minimum Gasteiger partial charge on any atom is -0.367 e. The van der Waals surface area contributed by atoms with Crippen LogP contribution in [0.4, 0.5) is 0 Å². The van der Waals surface area contributed by atoms with E-state index in [1.165, 1.54) is 12.8 Å². The molecule has 0 aromatic heterocycles. The fourth-order valence-electron chi connectivity index (χ4n) is 3.00. The van der Waals surface area contributed by atoms with E-state index in [1.54, 1.807) is 0 Å². The maximum Gasteiger partial charge on any atom is 0.248 e. The first-order chi connectivity index (χ1) is 9.74. The summed E-state index contributed by atoms with van der Waals surface area (Å²) in [5, 5.41) is 0. The van der Waals surface area contributed by atoms with E-state index in [9.17, 15) is 4.79 Å². The summed E-state index contributed by atoms with van der Waals surface area (Å²) in [6.45, 7) is 2.14. The van der Waals surface area contributed by atoms with Crippen LogP contribution in [0.5, 0.6) is 0 Å². The van der Waals surface area contributed by atoms with Crippen molar-refractivity contribution in [2.45, 2.75) is 25.5 Å². The molecular weight excluding hydrogens is 252 g/mol. The van der Waals surface area contributed by atoms with E-state index >= 15 is 0 Å². The van der Waals surface area contributed by atoms with Crippen molar-refractivity contribution >= 4 is 5.91 Å². The monoisotopic (exact) mass is 274 g/mol. The third-order valence-corrected chi connectivity index (χ3v) is 4.33. The summed E-state index contributed by atoms with van der Waals surface area (Å²) in [6, 6.07) is 10.1. The van der Waals surface area contributed by atoms with Crippen molar-refractivity contribution in [3.63, 3.8) is 0 Å². The number of hydrogen-bond donors (Lipinski definition) is 1. The van der Waals surface area contributed by atoms with E-state index in [-0.39, 0.29) is 18.6 Å². The summed E-state index contributed by atoms with van der Waals surface area (Å²) in [6.07, 6.45) is 2.57. The van der Waals surface area contributed by atoms with Gasteiger partial charge in [0.25, 0.3) is 0 Å². The molecular formula is C16H22N2O2. The van der Waals surface area contributed by atoms with Gasteiger partial charge in [-0.2, -0.15) is 0 Å².